The third kappa shape index (κ3) is 2.73. The van der Waals surface area contributed by atoms with Gasteiger partial charge in [0.25, 0.3) is 0 Å². The van der Waals surface area contributed by atoms with Gasteiger partial charge in [-0.05, 0) is 38.1 Å². The van der Waals surface area contributed by atoms with Gasteiger partial charge in [0.1, 0.15) is 18.2 Å². The highest BCUT2D eigenvalue weighted by Crippen LogP contribution is 2.21. The second kappa shape index (κ2) is 5.89. The zero-order valence-electron chi connectivity index (χ0n) is 11.4. The van der Waals surface area contributed by atoms with Crippen LogP contribution in [0.4, 0.5) is 0 Å². The SMILES string of the molecule is N#Cc1cc2ccccc2nc1OCCN1CCCC1. The Kier molecular flexibility index (Phi) is 3.80. The van der Waals surface area contributed by atoms with E-state index in [1.165, 1.54) is 12.8 Å². The van der Waals surface area contributed by atoms with Gasteiger partial charge >= 0.3 is 0 Å². The molecule has 4 nitrogen and oxygen atoms in total. The number of rotatable bonds is 4. The van der Waals surface area contributed by atoms with E-state index in [1.807, 2.05) is 30.3 Å². The number of pyridine rings is 1. The average molecular weight is 267 g/mol. The number of nitrogens with zero attached hydrogens (tertiary/aromatic N) is 3. The summed E-state index contributed by atoms with van der Waals surface area (Å²) in [6.45, 7) is 3.79. The van der Waals surface area contributed by atoms with E-state index in [0.717, 1.165) is 30.5 Å². The first-order valence-corrected chi connectivity index (χ1v) is 7.02. The molecule has 102 valence electrons. The Hall–Kier alpha value is -2.12. The molecule has 2 aromatic rings. The highest BCUT2D eigenvalue weighted by molar-refractivity contribution is 5.80. The van der Waals surface area contributed by atoms with Crippen molar-refractivity contribution in [2.45, 2.75) is 12.8 Å². The summed E-state index contributed by atoms with van der Waals surface area (Å²) in [6, 6.07) is 11.8. The van der Waals surface area contributed by atoms with Crippen LogP contribution in [0.15, 0.2) is 30.3 Å². The van der Waals surface area contributed by atoms with Crippen LogP contribution >= 0.6 is 0 Å². The molecule has 0 amide bonds. The molecule has 0 bridgehead atoms. The van der Waals surface area contributed by atoms with Crippen LogP contribution in [0, 0.1) is 11.3 Å². The molecular formula is C16H17N3O. The fourth-order valence-corrected chi connectivity index (χ4v) is 2.57. The smallest absolute Gasteiger partial charge is 0.232 e. The third-order valence-electron chi connectivity index (χ3n) is 3.65. The minimum atomic E-state index is 0.449. The largest absolute Gasteiger partial charge is 0.475 e. The quantitative estimate of drug-likeness (QED) is 0.854. The van der Waals surface area contributed by atoms with Gasteiger partial charge in [0, 0.05) is 11.9 Å². The van der Waals surface area contributed by atoms with Gasteiger partial charge in [-0.3, -0.25) is 4.90 Å². The van der Waals surface area contributed by atoms with Crippen molar-refractivity contribution in [2.75, 3.05) is 26.2 Å². The summed E-state index contributed by atoms with van der Waals surface area (Å²) in [6.07, 6.45) is 2.55. The number of benzene rings is 1. The molecule has 0 unspecified atom stereocenters. The molecule has 0 atom stereocenters. The van der Waals surface area contributed by atoms with Crippen molar-refractivity contribution in [1.29, 1.82) is 5.26 Å². The molecule has 0 spiro atoms. The number of fused-ring (bicyclic) bond motifs is 1. The van der Waals surface area contributed by atoms with Crippen LogP contribution < -0.4 is 4.74 Å². The van der Waals surface area contributed by atoms with E-state index in [4.69, 9.17) is 4.74 Å². The number of para-hydroxylation sites is 1. The minimum absolute atomic E-state index is 0.449. The summed E-state index contributed by atoms with van der Waals surface area (Å²) in [4.78, 5) is 6.83. The van der Waals surface area contributed by atoms with Gasteiger partial charge in [0.05, 0.1) is 5.52 Å². The number of nitriles is 1. The van der Waals surface area contributed by atoms with Crippen molar-refractivity contribution < 1.29 is 4.74 Å². The first-order valence-electron chi connectivity index (χ1n) is 7.02. The van der Waals surface area contributed by atoms with Crippen LogP contribution in [0.3, 0.4) is 0 Å². The van der Waals surface area contributed by atoms with E-state index >= 15 is 0 Å². The molecule has 20 heavy (non-hydrogen) atoms. The third-order valence-corrected chi connectivity index (χ3v) is 3.65. The van der Waals surface area contributed by atoms with Gasteiger partial charge in [0.15, 0.2) is 0 Å². The van der Waals surface area contributed by atoms with Gasteiger partial charge in [-0.2, -0.15) is 5.26 Å². The van der Waals surface area contributed by atoms with Crippen molar-refractivity contribution in [2.24, 2.45) is 0 Å². The zero-order valence-corrected chi connectivity index (χ0v) is 11.4. The summed E-state index contributed by atoms with van der Waals surface area (Å²) >= 11 is 0. The molecule has 0 aliphatic carbocycles. The number of aromatic nitrogens is 1. The number of hydrogen-bond donors (Lipinski definition) is 0. The maximum Gasteiger partial charge on any atom is 0.232 e. The van der Waals surface area contributed by atoms with Gasteiger partial charge in [-0.25, -0.2) is 4.98 Å². The lowest BCUT2D eigenvalue weighted by Gasteiger charge is -2.15. The van der Waals surface area contributed by atoms with Crippen LogP contribution in [0.1, 0.15) is 18.4 Å². The summed E-state index contributed by atoms with van der Waals surface area (Å²) in [5, 5.41) is 10.2. The fraction of sp³-hybridized carbons (Fsp3) is 0.375. The lowest BCUT2D eigenvalue weighted by molar-refractivity contribution is 0.232. The molecule has 1 aromatic carbocycles. The highest BCUT2D eigenvalue weighted by atomic mass is 16.5. The molecular weight excluding hydrogens is 250 g/mol. The van der Waals surface area contributed by atoms with Crippen molar-refractivity contribution in [3.8, 4) is 11.9 Å². The monoisotopic (exact) mass is 267 g/mol. The number of likely N-dealkylation sites (tertiary alicyclic amines) is 1. The molecule has 3 rings (SSSR count). The second-order valence-electron chi connectivity index (χ2n) is 5.04. The molecule has 1 aliphatic heterocycles. The van der Waals surface area contributed by atoms with Crippen LogP contribution in [-0.4, -0.2) is 36.1 Å². The standard InChI is InChI=1S/C16H17N3O/c17-12-14-11-13-5-1-2-6-15(13)18-16(14)20-10-9-19-7-3-4-8-19/h1-2,5-6,11H,3-4,7-10H2. The first-order chi connectivity index (χ1) is 9.86. The van der Waals surface area contributed by atoms with E-state index < -0.39 is 0 Å². The van der Waals surface area contributed by atoms with E-state index in [-0.39, 0.29) is 0 Å². The van der Waals surface area contributed by atoms with Gasteiger partial charge < -0.3 is 4.74 Å². The number of hydrogen-bond acceptors (Lipinski definition) is 4. The lowest BCUT2D eigenvalue weighted by Crippen LogP contribution is -2.25. The summed E-state index contributed by atoms with van der Waals surface area (Å²) in [5.74, 6) is 0.449. The molecule has 1 fully saturated rings. The summed E-state index contributed by atoms with van der Waals surface area (Å²) in [5.41, 5.74) is 1.37. The van der Waals surface area contributed by atoms with E-state index in [1.54, 1.807) is 0 Å². The Morgan fingerprint density at radius 3 is 2.85 bits per heavy atom. The maximum atomic E-state index is 9.21. The summed E-state index contributed by atoms with van der Waals surface area (Å²) < 4.78 is 5.72. The molecule has 4 heteroatoms. The molecule has 1 aromatic heterocycles. The highest BCUT2D eigenvalue weighted by Gasteiger charge is 2.12. The van der Waals surface area contributed by atoms with Crippen molar-refractivity contribution in [3.05, 3.63) is 35.9 Å². The Balaban J connectivity index is 1.74. The Bertz CT molecular complexity index is 642. The van der Waals surface area contributed by atoms with Gasteiger partial charge in [-0.15, -0.1) is 0 Å². The number of ether oxygens (including phenoxy) is 1. The van der Waals surface area contributed by atoms with Crippen LogP contribution in [-0.2, 0) is 0 Å². The van der Waals surface area contributed by atoms with Gasteiger partial charge in [-0.1, -0.05) is 18.2 Å². The maximum absolute atomic E-state index is 9.21. The average Bonchev–Trinajstić information content (AvgIpc) is 3.00. The van der Waals surface area contributed by atoms with Gasteiger partial charge in [0.2, 0.25) is 5.88 Å². The predicted molar refractivity (Wildman–Crippen MR) is 77.6 cm³/mol. The fourth-order valence-electron chi connectivity index (χ4n) is 2.57. The van der Waals surface area contributed by atoms with Crippen molar-refractivity contribution in [1.82, 2.24) is 9.88 Å². The first kappa shape index (κ1) is 12.9. The Morgan fingerprint density at radius 1 is 1.25 bits per heavy atom. The minimum Gasteiger partial charge on any atom is -0.475 e. The Morgan fingerprint density at radius 2 is 2.05 bits per heavy atom. The van der Waals surface area contributed by atoms with Crippen molar-refractivity contribution in [3.63, 3.8) is 0 Å². The van der Waals surface area contributed by atoms with E-state index in [2.05, 4.69) is 16.0 Å². The molecule has 0 N–H and O–H groups in total. The van der Waals surface area contributed by atoms with Crippen LogP contribution in [0.25, 0.3) is 10.9 Å². The van der Waals surface area contributed by atoms with Crippen LogP contribution in [0.5, 0.6) is 5.88 Å². The second-order valence-corrected chi connectivity index (χ2v) is 5.04. The van der Waals surface area contributed by atoms with E-state index in [0.29, 0.717) is 18.1 Å². The molecule has 2 heterocycles. The summed E-state index contributed by atoms with van der Waals surface area (Å²) in [7, 11) is 0. The lowest BCUT2D eigenvalue weighted by atomic mass is 10.1. The topological polar surface area (TPSA) is 49.1 Å². The Labute approximate surface area is 118 Å². The normalized spacial score (nSPS) is 15.3. The molecule has 0 radical (unpaired) electrons. The predicted octanol–water partition coefficient (Wildman–Crippen LogP) is 2.58. The molecule has 1 saturated heterocycles. The molecule has 0 saturated carbocycles. The van der Waals surface area contributed by atoms with Crippen LogP contribution in [0.2, 0.25) is 0 Å². The molecule has 1 aliphatic rings. The zero-order chi connectivity index (χ0) is 13.8. The van der Waals surface area contributed by atoms with E-state index in [9.17, 15) is 5.26 Å². The van der Waals surface area contributed by atoms with Crippen molar-refractivity contribution >= 4 is 10.9 Å².